The van der Waals surface area contributed by atoms with Crippen LogP contribution >= 0.6 is 0 Å². The Morgan fingerprint density at radius 3 is 2.67 bits per heavy atom. The molecule has 92 valence electrons. The van der Waals surface area contributed by atoms with Gasteiger partial charge >= 0.3 is 0 Å². The second kappa shape index (κ2) is 5.32. The second-order valence-corrected chi connectivity index (χ2v) is 4.96. The van der Waals surface area contributed by atoms with E-state index in [4.69, 9.17) is 0 Å². The van der Waals surface area contributed by atoms with E-state index in [0.29, 0.717) is 5.92 Å². The highest BCUT2D eigenvalue weighted by Crippen LogP contribution is 2.26. The molecule has 0 radical (unpaired) electrons. The molecule has 1 unspecified atom stereocenters. The van der Waals surface area contributed by atoms with E-state index in [0.717, 1.165) is 13.1 Å². The van der Waals surface area contributed by atoms with Crippen LogP contribution < -0.4 is 0 Å². The molecular weight excluding hydrogens is 220 g/mol. The summed E-state index contributed by atoms with van der Waals surface area (Å²) < 4.78 is 0. The molecule has 1 aliphatic heterocycles. The molecule has 1 aromatic carbocycles. The van der Waals surface area contributed by atoms with Gasteiger partial charge in [0, 0.05) is 30.9 Å². The molecule has 0 bridgehead atoms. The number of benzene rings is 1. The average Bonchev–Trinajstić information content (AvgIpc) is 2.89. The van der Waals surface area contributed by atoms with Crippen molar-refractivity contribution in [1.82, 2.24) is 9.88 Å². The van der Waals surface area contributed by atoms with Crippen molar-refractivity contribution in [1.29, 1.82) is 0 Å². The Balaban J connectivity index is 1.62. The van der Waals surface area contributed by atoms with Gasteiger partial charge in [-0.2, -0.15) is 0 Å². The normalized spacial score (nSPS) is 20.1. The van der Waals surface area contributed by atoms with Gasteiger partial charge in [-0.05, 0) is 30.7 Å². The van der Waals surface area contributed by atoms with Crippen LogP contribution in [0, 0.1) is 0 Å². The highest BCUT2D eigenvalue weighted by Gasteiger charge is 2.24. The van der Waals surface area contributed by atoms with Gasteiger partial charge in [0.25, 0.3) is 0 Å². The highest BCUT2D eigenvalue weighted by atomic mass is 15.1. The first-order chi connectivity index (χ1) is 8.92. The van der Waals surface area contributed by atoms with Gasteiger partial charge in [0.2, 0.25) is 0 Å². The number of likely N-dealkylation sites (tertiary alicyclic amines) is 1. The van der Waals surface area contributed by atoms with Crippen LogP contribution in [-0.2, 0) is 6.54 Å². The molecule has 1 fully saturated rings. The van der Waals surface area contributed by atoms with Gasteiger partial charge in [0.15, 0.2) is 0 Å². The third-order valence-corrected chi connectivity index (χ3v) is 3.63. The van der Waals surface area contributed by atoms with E-state index in [1.165, 1.54) is 24.2 Å². The highest BCUT2D eigenvalue weighted by molar-refractivity contribution is 5.16. The zero-order chi connectivity index (χ0) is 12.2. The topological polar surface area (TPSA) is 16.1 Å². The Morgan fingerprint density at radius 1 is 1.06 bits per heavy atom. The van der Waals surface area contributed by atoms with Crippen molar-refractivity contribution in [3.05, 3.63) is 66.0 Å². The van der Waals surface area contributed by atoms with Crippen LogP contribution in [0.1, 0.15) is 23.6 Å². The first-order valence-electron chi connectivity index (χ1n) is 6.59. The quantitative estimate of drug-likeness (QED) is 0.817. The summed E-state index contributed by atoms with van der Waals surface area (Å²) >= 11 is 0. The summed E-state index contributed by atoms with van der Waals surface area (Å²) in [7, 11) is 0. The summed E-state index contributed by atoms with van der Waals surface area (Å²) in [6.45, 7) is 3.37. The van der Waals surface area contributed by atoms with Gasteiger partial charge in [-0.15, -0.1) is 0 Å². The maximum Gasteiger partial charge on any atom is 0.0447 e. The molecule has 2 heteroatoms. The fourth-order valence-electron chi connectivity index (χ4n) is 2.68. The molecule has 18 heavy (non-hydrogen) atoms. The van der Waals surface area contributed by atoms with Crippen LogP contribution in [-0.4, -0.2) is 23.0 Å². The maximum atomic E-state index is 4.48. The molecule has 0 saturated carbocycles. The summed E-state index contributed by atoms with van der Waals surface area (Å²) in [5.41, 5.74) is 2.65. The summed E-state index contributed by atoms with van der Waals surface area (Å²) in [6, 6.07) is 16.9. The van der Waals surface area contributed by atoms with E-state index < -0.39 is 0 Å². The standard InChI is InChI=1S/C16H18N2/c1-2-6-14(7-3-1)12-18-11-9-15(13-18)16-8-4-5-10-17-16/h1-8,10,15H,9,11-13H2. The number of hydrogen-bond acceptors (Lipinski definition) is 2. The number of rotatable bonds is 3. The number of nitrogens with zero attached hydrogens (tertiary/aromatic N) is 2. The van der Waals surface area contributed by atoms with E-state index in [-0.39, 0.29) is 0 Å². The molecular formula is C16H18N2. The number of aromatic nitrogens is 1. The summed E-state index contributed by atoms with van der Waals surface area (Å²) in [6.07, 6.45) is 3.12. The van der Waals surface area contributed by atoms with E-state index >= 15 is 0 Å². The van der Waals surface area contributed by atoms with Crippen LogP contribution in [0.2, 0.25) is 0 Å². The summed E-state index contributed by atoms with van der Waals surface area (Å²) in [5, 5.41) is 0. The Morgan fingerprint density at radius 2 is 1.89 bits per heavy atom. The van der Waals surface area contributed by atoms with Gasteiger partial charge in [-0.3, -0.25) is 9.88 Å². The maximum absolute atomic E-state index is 4.48. The summed E-state index contributed by atoms with van der Waals surface area (Å²) in [4.78, 5) is 7.00. The van der Waals surface area contributed by atoms with Gasteiger partial charge in [-0.25, -0.2) is 0 Å². The van der Waals surface area contributed by atoms with Crippen LogP contribution in [0.4, 0.5) is 0 Å². The molecule has 2 heterocycles. The van der Waals surface area contributed by atoms with Crippen molar-refractivity contribution in [2.75, 3.05) is 13.1 Å². The van der Waals surface area contributed by atoms with Gasteiger partial charge in [0.1, 0.15) is 0 Å². The van der Waals surface area contributed by atoms with Crippen LogP contribution in [0.5, 0.6) is 0 Å². The van der Waals surface area contributed by atoms with Crippen LogP contribution in [0.25, 0.3) is 0 Å². The first kappa shape index (κ1) is 11.4. The lowest BCUT2D eigenvalue weighted by Gasteiger charge is -2.15. The molecule has 0 spiro atoms. The molecule has 2 nitrogen and oxygen atoms in total. The molecule has 1 aromatic heterocycles. The minimum Gasteiger partial charge on any atom is -0.298 e. The molecule has 3 rings (SSSR count). The SMILES string of the molecule is c1ccc(CN2CCC(c3ccccn3)C2)cc1. The Bertz CT molecular complexity index is 481. The zero-order valence-electron chi connectivity index (χ0n) is 10.5. The fraction of sp³-hybridized carbons (Fsp3) is 0.312. The fourth-order valence-corrected chi connectivity index (χ4v) is 2.68. The third kappa shape index (κ3) is 2.59. The van der Waals surface area contributed by atoms with Crippen molar-refractivity contribution in [2.24, 2.45) is 0 Å². The summed E-state index contributed by atoms with van der Waals surface area (Å²) in [5.74, 6) is 0.606. The zero-order valence-corrected chi connectivity index (χ0v) is 10.5. The van der Waals surface area contributed by atoms with Gasteiger partial charge in [0.05, 0.1) is 0 Å². The van der Waals surface area contributed by atoms with E-state index in [1.54, 1.807) is 0 Å². The lowest BCUT2D eigenvalue weighted by Crippen LogP contribution is -2.19. The smallest absolute Gasteiger partial charge is 0.0447 e. The van der Waals surface area contributed by atoms with Crippen molar-refractivity contribution < 1.29 is 0 Å². The molecule has 0 aliphatic carbocycles. The average molecular weight is 238 g/mol. The van der Waals surface area contributed by atoms with E-state index in [9.17, 15) is 0 Å². The lowest BCUT2D eigenvalue weighted by molar-refractivity contribution is 0.326. The Hall–Kier alpha value is -1.67. The minimum absolute atomic E-state index is 0.606. The monoisotopic (exact) mass is 238 g/mol. The molecule has 1 aliphatic rings. The first-order valence-corrected chi connectivity index (χ1v) is 6.59. The number of pyridine rings is 1. The van der Waals surface area contributed by atoms with Crippen LogP contribution in [0.3, 0.4) is 0 Å². The lowest BCUT2D eigenvalue weighted by atomic mass is 10.0. The second-order valence-electron chi connectivity index (χ2n) is 4.96. The van der Waals surface area contributed by atoms with Gasteiger partial charge < -0.3 is 0 Å². The predicted molar refractivity (Wildman–Crippen MR) is 73.3 cm³/mol. The van der Waals surface area contributed by atoms with Crippen molar-refractivity contribution in [2.45, 2.75) is 18.9 Å². The van der Waals surface area contributed by atoms with Gasteiger partial charge in [-0.1, -0.05) is 36.4 Å². The van der Waals surface area contributed by atoms with Crippen molar-refractivity contribution in [3.8, 4) is 0 Å². The van der Waals surface area contributed by atoms with E-state index in [1.807, 2.05) is 12.3 Å². The van der Waals surface area contributed by atoms with E-state index in [2.05, 4.69) is 52.3 Å². The molecule has 1 atom stereocenters. The minimum atomic E-state index is 0.606. The number of hydrogen-bond donors (Lipinski definition) is 0. The van der Waals surface area contributed by atoms with Crippen molar-refractivity contribution in [3.63, 3.8) is 0 Å². The largest absolute Gasteiger partial charge is 0.298 e. The molecule has 0 N–H and O–H groups in total. The predicted octanol–water partition coefficient (Wildman–Crippen LogP) is 3.07. The van der Waals surface area contributed by atoms with Crippen molar-refractivity contribution >= 4 is 0 Å². The van der Waals surface area contributed by atoms with Crippen LogP contribution in [0.15, 0.2) is 54.7 Å². The third-order valence-electron chi connectivity index (χ3n) is 3.63. The molecule has 0 amide bonds. The Kier molecular flexibility index (Phi) is 3.37. The molecule has 1 saturated heterocycles. The molecule has 2 aromatic rings. The Labute approximate surface area is 108 Å².